The van der Waals surface area contributed by atoms with E-state index >= 15 is 0 Å². The zero-order valence-corrected chi connectivity index (χ0v) is 9.67. The molecule has 0 heterocycles. The predicted octanol–water partition coefficient (Wildman–Crippen LogP) is 3.55. The monoisotopic (exact) mass is 202 g/mol. The number of nitriles is 1. The summed E-state index contributed by atoms with van der Waals surface area (Å²) in [6.45, 7) is 6.48. The average Bonchev–Trinajstić information content (AvgIpc) is 2.17. The van der Waals surface area contributed by atoms with Gasteiger partial charge in [-0.25, -0.2) is 0 Å². The first-order valence-corrected chi connectivity index (χ1v) is 5.36. The molecule has 0 bridgehead atoms. The van der Waals surface area contributed by atoms with Gasteiger partial charge in [-0.15, -0.1) is 0 Å². The maximum atomic E-state index is 8.96. The summed E-state index contributed by atoms with van der Waals surface area (Å²) in [7, 11) is 0. The van der Waals surface area contributed by atoms with Crippen molar-refractivity contribution in [2.75, 3.05) is 5.32 Å². The van der Waals surface area contributed by atoms with Crippen molar-refractivity contribution < 1.29 is 0 Å². The van der Waals surface area contributed by atoms with Crippen LogP contribution in [0.1, 0.15) is 39.2 Å². The summed E-state index contributed by atoms with van der Waals surface area (Å²) in [6.07, 6.45) is 2.22. The second-order valence-electron chi connectivity index (χ2n) is 4.42. The molecule has 0 amide bonds. The molecule has 15 heavy (non-hydrogen) atoms. The molecule has 2 nitrogen and oxygen atoms in total. The molecular weight excluding hydrogens is 184 g/mol. The molecule has 0 atom stereocenters. The molecule has 0 spiro atoms. The molecule has 2 heteroatoms. The van der Waals surface area contributed by atoms with Gasteiger partial charge >= 0.3 is 0 Å². The van der Waals surface area contributed by atoms with E-state index in [0.29, 0.717) is 5.56 Å². The molecule has 0 fully saturated rings. The summed E-state index contributed by atoms with van der Waals surface area (Å²) >= 11 is 0. The highest BCUT2D eigenvalue weighted by Gasteiger charge is 2.16. The standard InChI is InChI=1S/C13H18N2/c1-4-9-13(2,3)15-12-8-6-5-7-11(12)10-14/h5-8,15H,4,9H2,1-3H3. The quantitative estimate of drug-likeness (QED) is 0.810. The van der Waals surface area contributed by atoms with E-state index in [9.17, 15) is 0 Å². The minimum Gasteiger partial charge on any atom is -0.379 e. The van der Waals surface area contributed by atoms with Crippen LogP contribution in [0.3, 0.4) is 0 Å². The van der Waals surface area contributed by atoms with Gasteiger partial charge in [0.25, 0.3) is 0 Å². The Hall–Kier alpha value is -1.49. The topological polar surface area (TPSA) is 35.8 Å². The fraction of sp³-hybridized carbons (Fsp3) is 0.462. The summed E-state index contributed by atoms with van der Waals surface area (Å²) in [5.74, 6) is 0. The van der Waals surface area contributed by atoms with E-state index in [2.05, 4.69) is 32.2 Å². The van der Waals surface area contributed by atoms with Crippen LogP contribution >= 0.6 is 0 Å². The van der Waals surface area contributed by atoms with Crippen molar-refractivity contribution in [3.8, 4) is 6.07 Å². The lowest BCUT2D eigenvalue weighted by molar-refractivity contribution is 0.511. The molecule has 1 aromatic carbocycles. The van der Waals surface area contributed by atoms with E-state index in [0.717, 1.165) is 18.5 Å². The molecule has 1 aromatic rings. The van der Waals surface area contributed by atoms with Crippen LogP contribution in [0, 0.1) is 11.3 Å². The Morgan fingerprint density at radius 3 is 2.60 bits per heavy atom. The lowest BCUT2D eigenvalue weighted by atomic mass is 9.98. The molecule has 0 aliphatic rings. The fourth-order valence-corrected chi connectivity index (χ4v) is 1.74. The van der Waals surface area contributed by atoms with E-state index in [1.807, 2.05) is 24.3 Å². The lowest BCUT2D eigenvalue weighted by Crippen LogP contribution is -2.30. The number of rotatable bonds is 4. The van der Waals surface area contributed by atoms with Crippen molar-refractivity contribution in [1.82, 2.24) is 0 Å². The molecule has 0 aromatic heterocycles. The third-order valence-corrected chi connectivity index (χ3v) is 2.40. The highest BCUT2D eigenvalue weighted by molar-refractivity contribution is 5.58. The van der Waals surface area contributed by atoms with Crippen molar-refractivity contribution >= 4 is 5.69 Å². The summed E-state index contributed by atoms with van der Waals surface area (Å²) in [5, 5.41) is 12.4. The zero-order chi connectivity index (χ0) is 11.3. The first kappa shape index (κ1) is 11.6. The molecule has 0 saturated heterocycles. The van der Waals surface area contributed by atoms with Gasteiger partial charge in [-0.2, -0.15) is 5.26 Å². The van der Waals surface area contributed by atoms with E-state index in [-0.39, 0.29) is 5.54 Å². The van der Waals surface area contributed by atoms with Crippen molar-refractivity contribution in [3.63, 3.8) is 0 Å². The van der Waals surface area contributed by atoms with Crippen LogP contribution in [0.5, 0.6) is 0 Å². The van der Waals surface area contributed by atoms with Gasteiger partial charge in [-0.3, -0.25) is 0 Å². The molecule has 0 radical (unpaired) electrons. The van der Waals surface area contributed by atoms with Crippen molar-refractivity contribution in [3.05, 3.63) is 29.8 Å². The lowest BCUT2D eigenvalue weighted by Gasteiger charge is -2.27. The second-order valence-corrected chi connectivity index (χ2v) is 4.42. The SMILES string of the molecule is CCCC(C)(C)Nc1ccccc1C#N. The summed E-state index contributed by atoms with van der Waals surface area (Å²) < 4.78 is 0. The summed E-state index contributed by atoms with van der Waals surface area (Å²) in [6, 6.07) is 9.82. The second kappa shape index (κ2) is 4.84. The van der Waals surface area contributed by atoms with Gasteiger partial charge in [0.15, 0.2) is 0 Å². The van der Waals surface area contributed by atoms with Gasteiger partial charge in [0.05, 0.1) is 11.3 Å². The van der Waals surface area contributed by atoms with Gasteiger partial charge in [0.2, 0.25) is 0 Å². The Kier molecular flexibility index (Phi) is 3.74. The molecule has 0 aliphatic carbocycles. The Labute approximate surface area is 91.9 Å². The number of nitrogens with one attached hydrogen (secondary N) is 1. The molecular formula is C13H18N2. The third kappa shape index (κ3) is 3.28. The largest absolute Gasteiger partial charge is 0.379 e. The van der Waals surface area contributed by atoms with Crippen LogP contribution in [0.15, 0.2) is 24.3 Å². The predicted molar refractivity (Wildman–Crippen MR) is 63.8 cm³/mol. The fourth-order valence-electron chi connectivity index (χ4n) is 1.74. The molecule has 0 unspecified atom stereocenters. The summed E-state index contributed by atoms with van der Waals surface area (Å²) in [5.41, 5.74) is 1.68. The normalized spacial score (nSPS) is 10.8. The van der Waals surface area contributed by atoms with E-state index in [1.54, 1.807) is 0 Å². The van der Waals surface area contributed by atoms with Crippen LogP contribution in [-0.2, 0) is 0 Å². The van der Waals surface area contributed by atoms with Crippen molar-refractivity contribution in [2.24, 2.45) is 0 Å². The number of nitrogens with zero attached hydrogens (tertiary/aromatic N) is 1. The highest BCUT2D eigenvalue weighted by atomic mass is 15.0. The van der Waals surface area contributed by atoms with Crippen LogP contribution in [0.2, 0.25) is 0 Å². The van der Waals surface area contributed by atoms with Gasteiger partial charge in [0, 0.05) is 5.54 Å². The highest BCUT2D eigenvalue weighted by Crippen LogP contribution is 2.22. The molecule has 1 rings (SSSR count). The van der Waals surface area contributed by atoms with Crippen LogP contribution in [0.4, 0.5) is 5.69 Å². The number of benzene rings is 1. The first-order valence-electron chi connectivity index (χ1n) is 5.36. The van der Waals surface area contributed by atoms with E-state index < -0.39 is 0 Å². The Morgan fingerprint density at radius 2 is 2.00 bits per heavy atom. The average molecular weight is 202 g/mol. The minimum absolute atomic E-state index is 0.0434. The van der Waals surface area contributed by atoms with Crippen LogP contribution in [-0.4, -0.2) is 5.54 Å². The molecule has 0 aliphatic heterocycles. The number of anilines is 1. The van der Waals surface area contributed by atoms with Crippen molar-refractivity contribution in [1.29, 1.82) is 5.26 Å². The molecule has 0 saturated carbocycles. The van der Waals surface area contributed by atoms with Gasteiger partial charge in [-0.1, -0.05) is 25.5 Å². The van der Waals surface area contributed by atoms with E-state index in [1.165, 1.54) is 0 Å². The van der Waals surface area contributed by atoms with Gasteiger partial charge in [-0.05, 0) is 32.4 Å². The zero-order valence-electron chi connectivity index (χ0n) is 9.67. The van der Waals surface area contributed by atoms with E-state index in [4.69, 9.17) is 5.26 Å². The number of para-hydroxylation sites is 1. The number of hydrogen-bond acceptors (Lipinski definition) is 2. The maximum absolute atomic E-state index is 8.96. The van der Waals surface area contributed by atoms with Crippen LogP contribution < -0.4 is 5.32 Å². The number of hydrogen-bond donors (Lipinski definition) is 1. The minimum atomic E-state index is 0.0434. The van der Waals surface area contributed by atoms with Gasteiger partial charge in [0.1, 0.15) is 6.07 Å². The first-order chi connectivity index (χ1) is 7.09. The Morgan fingerprint density at radius 1 is 1.33 bits per heavy atom. The molecule has 80 valence electrons. The summed E-state index contributed by atoms with van der Waals surface area (Å²) in [4.78, 5) is 0. The smallest absolute Gasteiger partial charge is 0.101 e. The maximum Gasteiger partial charge on any atom is 0.101 e. The Balaban J connectivity index is 2.85. The van der Waals surface area contributed by atoms with Crippen LogP contribution in [0.25, 0.3) is 0 Å². The molecule has 1 N–H and O–H groups in total. The van der Waals surface area contributed by atoms with Crippen molar-refractivity contribution in [2.45, 2.75) is 39.2 Å². The van der Waals surface area contributed by atoms with Gasteiger partial charge < -0.3 is 5.32 Å². The third-order valence-electron chi connectivity index (χ3n) is 2.40. The Bertz CT molecular complexity index is 361.